The maximum Gasteiger partial charge on any atom is 0.227 e. The minimum atomic E-state index is -0.801. The van der Waals surface area contributed by atoms with E-state index in [1.807, 2.05) is 73.7 Å². The number of hydrogen-bond acceptors (Lipinski definition) is 7. The molecule has 0 N–H and O–H groups in total. The summed E-state index contributed by atoms with van der Waals surface area (Å²) in [5.41, 5.74) is 5.93. The van der Waals surface area contributed by atoms with E-state index in [1.165, 1.54) is 10.5 Å². The summed E-state index contributed by atoms with van der Waals surface area (Å²) in [6.07, 6.45) is 0. The number of ketones is 1. The Bertz CT molecular complexity index is 1960. The monoisotopic (exact) mass is 926 g/mol. The topological polar surface area (TPSA) is 87.6 Å². The molecule has 0 atom stereocenters. The predicted octanol–water partition coefficient (Wildman–Crippen LogP) is 10.1. The number of fused-ring (bicyclic) bond motifs is 2. The molecule has 1 aliphatic rings. The minimum Gasteiger partial charge on any atom is -0.436 e. The number of benzene rings is 4. The third-order valence-electron chi connectivity index (χ3n) is 6.80. The Morgan fingerprint density at radius 1 is 0.744 bits per heavy atom. The lowest BCUT2D eigenvalue weighted by molar-refractivity contribution is -0.149. The third-order valence-corrected chi connectivity index (χ3v) is 9.15. The maximum absolute atomic E-state index is 11.7. The van der Waals surface area contributed by atoms with Gasteiger partial charge in [0.1, 0.15) is 11.0 Å². The fourth-order valence-electron chi connectivity index (χ4n) is 4.70. The maximum atomic E-state index is 11.7. The van der Waals surface area contributed by atoms with Crippen LogP contribution < -0.4 is 0 Å². The number of aromatic nitrogens is 2. The lowest BCUT2D eigenvalue weighted by Gasteiger charge is -2.22. The number of hydrogen-bond donors (Lipinski definition) is 0. The molecule has 0 bridgehead atoms. The summed E-state index contributed by atoms with van der Waals surface area (Å²) in [5.74, 6) is 0.279. The minimum absolute atomic E-state index is 0.0402. The fourth-order valence-corrected chi connectivity index (χ4v) is 6.31. The van der Waals surface area contributed by atoms with Crippen LogP contribution in [0.3, 0.4) is 0 Å². The van der Waals surface area contributed by atoms with Crippen LogP contribution in [0.2, 0.25) is 0 Å². The molecule has 4 aromatic carbocycles. The molecule has 0 amide bonds. The van der Waals surface area contributed by atoms with Gasteiger partial charge in [-0.05, 0) is 132 Å². The number of Topliss-reactive ketones (excluding diaryl/α,β-unsaturated/α-hetero) is 1. The Kier molecular flexibility index (Phi) is 9.09. The van der Waals surface area contributed by atoms with Gasteiger partial charge in [0, 0.05) is 27.2 Å². The molecule has 0 unspecified atom stereocenters. The number of rotatable bonds is 4. The van der Waals surface area contributed by atoms with Crippen molar-refractivity contribution in [3.05, 3.63) is 100 Å². The summed E-state index contributed by atoms with van der Waals surface area (Å²) in [6, 6.07) is 23.5. The Morgan fingerprint density at radius 2 is 1.21 bits per heavy atom. The SMILES string of the molecule is CC(=O)c1cc(Br)cc2nc(-c3ccc(I)cc3)oc12.CC1(c2cc(Br)cc3nc(-c4ccc(I)cc4)oc23)OCCO1. The van der Waals surface area contributed by atoms with Crippen molar-refractivity contribution in [2.75, 3.05) is 13.2 Å². The van der Waals surface area contributed by atoms with E-state index in [0.717, 1.165) is 34.7 Å². The first kappa shape index (κ1) is 30.8. The smallest absolute Gasteiger partial charge is 0.227 e. The Labute approximate surface area is 291 Å². The second-order valence-electron chi connectivity index (χ2n) is 9.85. The summed E-state index contributed by atoms with van der Waals surface area (Å²) in [4.78, 5) is 20.8. The van der Waals surface area contributed by atoms with Crippen LogP contribution in [0.4, 0.5) is 0 Å². The number of halogens is 4. The van der Waals surface area contributed by atoms with Crippen molar-refractivity contribution >= 4 is 105 Å². The molecule has 6 aromatic rings. The van der Waals surface area contributed by atoms with Crippen LogP contribution in [0.15, 0.2) is 90.6 Å². The lowest BCUT2D eigenvalue weighted by atomic mass is 10.1. The predicted molar refractivity (Wildman–Crippen MR) is 189 cm³/mol. The molecule has 1 fully saturated rings. The molecule has 218 valence electrons. The molecule has 7 nitrogen and oxygen atoms in total. The van der Waals surface area contributed by atoms with E-state index >= 15 is 0 Å². The van der Waals surface area contributed by atoms with E-state index in [9.17, 15) is 4.79 Å². The van der Waals surface area contributed by atoms with Gasteiger partial charge < -0.3 is 18.3 Å². The van der Waals surface area contributed by atoms with Crippen molar-refractivity contribution in [1.29, 1.82) is 0 Å². The first-order valence-corrected chi connectivity index (χ1v) is 16.9. The van der Waals surface area contributed by atoms with Crippen LogP contribution in [0.25, 0.3) is 45.1 Å². The Hall–Kier alpha value is -2.17. The second-order valence-corrected chi connectivity index (χ2v) is 14.2. The van der Waals surface area contributed by atoms with E-state index in [2.05, 4.69) is 87.0 Å². The van der Waals surface area contributed by atoms with Gasteiger partial charge in [0.2, 0.25) is 11.8 Å². The van der Waals surface area contributed by atoms with Gasteiger partial charge in [-0.3, -0.25) is 4.79 Å². The van der Waals surface area contributed by atoms with E-state index in [-0.39, 0.29) is 5.78 Å². The van der Waals surface area contributed by atoms with Gasteiger partial charge in [0.15, 0.2) is 22.7 Å². The summed E-state index contributed by atoms with van der Waals surface area (Å²) >= 11 is 11.5. The van der Waals surface area contributed by atoms with Crippen LogP contribution in [-0.2, 0) is 15.3 Å². The highest BCUT2D eigenvalue weighted by molar-refractivity contribution is 14.1. The molecule has 7 rings (SSSR count). The zero-order valence-electron chi connectivity index (χ0n) is 22.8. The molecule has 43 heavy (non-hydrogen) atoms. The van der Waals surface area contributed by atoms with Crippen molar-refractivity contribution < 1.29 is 23.1 Å². The molecule has 0 radical (unpaired) electrons. The summed E-state index contributed by atoms with van der Waals surface area (Å²) in [5, 5.41) is 0. The van der Waals surface area contributed by atoms with Crippen molar-refractivity contribution in [1.82, 2.24) is 9.97 Å². The van der Waals surface area contributed by atoms with Gasteiger partial charge >= 0.3 is 0 Å². The quantitative estimate of drug-likeness (QED) is 0.129. The molecular formula is C32H22Br2I2N2O5. The van der Waals surface area contributed by atoms with Crippen molar-refractivity contribution in [3.8, 4) is 22.9 Å². The van der Waals surface area contributed by atoms with Crippen molar-refractivity contribution in [3.63, 3.8) is 0 Å². The first-order valence-electron chi connectivity index (χ1n) is 13.1. The molecule has 2 aromatic heterocycles. The fraction of sp³-hybridized carbons (Fsp3) is 0.156. The van der Waals surface area contributed by atoms with Gasteiger partial charge in [-0.25, -0.2) is 9.97 Å². The van der Waals surface area contributed by atoms with Gasteiger partial charge in [0.05, 0.1) is 24.3 Å². The van der Waals surface area contributed by atoms with E-state index in [0.29, 0.717) is 47.2 Å². The highest BCUT2D eigenvalue weighted by Crippen LogP contribution is 2.39. The average molecular weight is 928 g/mol. The number of carbonyl (C=O) groups is 1. The van der Waals surface area contributed by atoms with Gasteiger partial charge in [-0.2, -0.15) is 0 Å². The molecule has 1 aliphatic heterocycles. The number of carbonyl (C=O) groups excluding carboxylic acids is 1. The van der Waals surface area contributed by atoms with Crippen LogP contribution in [-0.4, -0.2) is 29.0 Å². The highest BCUT2D eigenvalue weighted by Gasteiger charge is 2.36. The Morgan fingerprint density at radius 3 is 1.72 bits per heavy atom. The zero-order chi connectivity index (χ0) is 30.3. The van der Waals surface area contributed by atoms with Crippen molar-refractivity contribution in [2.24, 2.45) is 0 Å². The third kappa shape index (κ3) is 6.61. The molecule has 11 heteroatoms. The van der Waals surface area contributed by atoms with Crippen LogP contribution in [0.5, 0.6) is 0 Å². The van der Waals surface area contributed by atoms with Crippen LogP contribution >= 0.6 is 77.0 Å². The van der Waals surface area contributed by atoms with Gasteiger partial charge in [0.25, 0.3) is 0 Å². The number of nitrogens with zero attached hydrogens (tertiary/aromatic N) is 2. The Balaban J connectivity index is 0.000000155. The first-order chi connectivity index (χ1) is 20.6. The highest BCUT2D eigenvalue weighted by atomic mass is 127. The van der Waals surface area contributed by atoms with Crippen LogP contribution in [0, 0.1) is 7.14 Å². The van der Waals surface area contributed by atoms with Crippen molar-refractivity contribution in [2.45, 2.75) is 19.6 Å². The van der Waals surface area contributed by atoms with Crippen LogP contribution in [0.1, 0.15) is 29.8 Å². The largest absolute Gasteiger partial charge is 0.436 e. The molecule has 3 heterocycles. The standard InChI is InChI=1S/C17H13BrINO3.C15H9BrINO2/c1-17(21-6-7-22-17)13-8-11(18)9-14-15(13)23-16(20-14)10-2-4-12(19)5-3-10;1-8(19)12-6-10(16)7-13-14(12)20-15(18-13)9-2-4-11(17)5-3-9/h2-5,8-9H,6-7H2,1H3;2-7H,1H3. The molecule has 0 saturated carbocycles. The summed E-state index contributed by atoms with van der Waals surface area (Å²) in [6.45, 7) is 4.58. The molecular weight excluding hydrogens is 906 g/mol. The summed E-state index contributed by atoms with van der Waals surface area (Å²) in [7, 11) is 0. The molecule has 1 saturated heterocycles. The molecule has 0 spiro atoms. The van der Waals surface area contributed by atoms with E-state index in [1.54, 1.807) is 6.07 Å². The van der Waals surface area contributed by atoms with Gasteiger partial charge in [-0.15, -0.1) is 0 Å². The molecule has 0 aliphatic carbocycles. The second kappa shape index (κ2) is 12.7. The average Bonchev–Trinajstić information content (AvgIpc) is 3.72. The number of oxazole rings is 2. The van der Waals surface area contributed by atoms with Gasteiger partial charge in [-0.1, -0.05) is 31.9 Å². The normalized spacial score (nSPS) is 14.2. The zero-order valence-corrected chi connectivity index (χ0v) is 30.3. The van der Waals surface area contributed by atoms with E-state index < -0.39 is 5.79 Å². The number of ether oxygens (including phenoxy) is 2. The van der Waals surface area contributed by atoms with E-state index in [4.69, 9.17) is 18.3 Å². The lowest BCUT2D eigenvalue weighted by Crippen LogP contribution is -2.22. The summed E-state index contributed by atoms with van der Waals surface area (Å²) < 4.78 is 27.5.